The number of hydrogen-bond acceptors (Lipinski definition) is 5. The van der Waals surface area contributed by atoms with Gasteiger partial charge in [-0.2, -0.15) is 4.31 Å². The van der Waals surface area contributed by atoms with Gasteiger partial charge in [0.2, 0.25) is 10.0 Å². The Hall–Kier alpha value is -2.81. The van der Waals surface area contributed by atoms with Gasteiger partial charge in [0.05, 0.1) is 23.6 Å². The number of anilines is 1. The number of aromatic nitrogens is 1. The van der Waals surface area contributed by atoms with Crippen LogP contribution in [0, 0.1) is 0 Å². The molecule has 0 spiro atoms. The van der Waals surface area contributed by atoms with E-state index in [9.17, 15) is 13.2 Å². The van der Waals surface area contributed by atoms with Crippen LogP contribution in [0.5, 0.6) is 0 Å². The molecule has 3 aromatic rings. The van der Waals surface area contributed by atoms with Crippen LogP contribution in [-0.2, 0) is 14.8 Å². The maximum Gasteiger partial charge on any atom is 0.274 e. The van der Waals surface area contributed by atoms with Gasteiger partial charge in [0.1, 0.15) is 5.69 Å². The molecule has 0 atom stereocenters. The number of carbonyl (C=O) groups excluding carboxylic acids is 1. The lowest BCUT2D eigenvalue weighted by Gasteiger charge is -2.26. The number of morpholine rings is 1. The Morgan fingerprint density at radius 2 is 1.68 bits per heavy atom. The van der Waals surface area contributed by atoms with E-state index in [2.05, 4.69) is 10.3 Å². The lowest BCUT2D eigenvalue weighted by atomic mass is 10.2. The number of nitrogens with zero attached hydrogens (tertiary/aromatic N) is 2. The summed E-state index contributed by atoms with van der Waals surface area (Å²) in [5.41, 5.74) is 1.53. The average molecular weight is 397 g/mol. The number of carbonyl (C=O) groups is 1. The van der Waals surface area contributed by atoms with Crippen molar-refractivity contribution < 1.29 is 17.9 Å². The van der Waals surface area contributed by atoms with Crippen molar-refractivity contribution in [3.63, 3.8) is 0 Å². The fourth-order valence-electron chi connectivity index (χ4n) is 3.03. The van der Waals surface area contributed by atoms with Crippen molar-refractivity contribution in [2.24, 2.45) is 0 Å². The molecule has 2 heterocycles. The number of amides is 1. The first kappa shape index (κ1) is 18.5. The highest BCUT2D eigenvalue weighted by molar-refractivity contribution is 7.89. The molecule has 1 aliphatic rings. The molecule has 144 valence electrons. The lowest BCUT2D eigenvalue weighted by molar-refractivity contribution is 0.0730. The van der Waals surface area contributed by atoms with Crippen molar-refractivity contribution in [2.45, 2.75) is 4.90 Å². The quantitative estimate of drug-likeness (QED) is 0.731. The highest BCUT2D eigenvalue weighted by atomic mass is 32.2. The summed E-state index contributed by atoms with van der Waals surface area (Å²) in [4.78, 5) is 17.0. The van der Waals surface area contributed by atoms with E-state index in [1.807, 2.05) is 30.3 Å². The van der Waals surface area contributed by atoms with E-state index in [4.69, 9.17) is 4.74 Å². The Kier molecular flexibility index (Phi) is 5.08. The van der Waals surface area contributed by atoms with Crippen molar-refractivity contribution in [1.29, 1.82) is 0 Å². The SMILES string of the molecule is O=C(Nc1ccc(S(=O)(=O)N2CCOCC2)cc1)c1ccc2ccccc2n1. The second kappa shape index (κ2) is 7.67. The number of fused-ring (bicyclic) bond motifs is 1. The molecule has 2 aromatic carbocycles. The van der Waals surface area contributed by atoms with Gasteiger partial charge in [-0.15, -0.1) is 0 Å². The summed E-state index contributed by atoms with van der Waals surface area (Å²) in [6, 6.07) is 17.2. The van der Waals surface area contributed by atoms with Crippen LogP contribution >= 0.6 is 0 Å². The molecule has 1 N–H and O–H groups in total. The number of sulfonamides is 1. The van der Waals surface area contributed by atoms with Gasteiger partial charge in [0.25, 0.3) is 5.91 Å². The van der Waals surface area contributed by atoms with Crippen LogP contribution in [0.3, 0.4) is 0 Å². The fraction of sp³-hybridized carbons (Fsp3) is 0.200. The first-order valence-corrected chi connectivity index (χ1v) is 10.3. The molecule has 1 fully saturated rings. The molecule has 0 bridgehead atoms. The predicted octanol–water partition coefficient (Wildman–Crippen LogP) is 2.51. The topological polar surface area (TPSA) is 88.6 Å². The van der Waals surface area contributed by atoms with E-state index in [1.54, 1.807) is 18.2 Å². The minimum atomic E-state index is -3.56. The van der Waals surface area contributed by atoms with Gasteiger partial charge in [-0.25, -0.2) is 13.4 Å². The Morgan fingerprint density at radius 1 is 0.964 bits per heavy atom. The molecule has 0 aliphatic carbocycles. The fourth-order valence-corrected chi connectivity index (χ4v) is 4.44. The highest BCUT2D eigenvalue weighted by Crippen LogP contribution is 2.20. The lowest BCUT2D eigenvalue weighted by Crippen LogP contribution is -2.40. The monoisotopic (exact) mass is 397 g/mol. The summed E-state index contributed by atoms with van der Waals surface area (Å²) in [6.07, 6.45) is 0. The largest absolute Gasteiger partial charge is 0.379 e. The summed E-state index contributed by atoms with van der Waals surface area (Å²) < 4.78 is 31.9. The van der Waals surface area contributed by atoms with Gasteiger partial charge in [0, 0.05) is 24.2 Å². The molecular formula is C20H19N3O4S. The minimum absolute atomic E-state index is 0.191. The highest BCUT2D eigenvalue weighted by Gasteiger charge is 2.26. The molecule has 1 aliphatic heterocycles. The Labute approximate surface area is 163 Å². The van der Waals surface area contributed by atoms with Gasteiger partial charge in [-0.3, -0.25) is 4.79 Å². The molecular weight excluding hydrogens is 378 g/mol. The number of ether oxygens (including phenoxy) is 1. The zero-order valence-corrected chi connectivity index (χ0v) is 15.9. The second-order valence-corrected chi connectivity index (χ2v) is 8.32. The first-order chi connectivity index (χ1) is 13.5. The van der Waals surface area contributed by atoms with Crippen LogP contribution in [-0.4, -0.2) is 49.9 Å². The third-order valence-corrected chi connectivity index (χ3v) is 6.46. The zero-order chi connectivity index (χ0) is 19.6. The number of benzene rings is 2. The van der Waals surface area contributed by atoms with Crippen LogP contribution in [0.25, 0.3) is 10.9 Å². The number of para-hydroxylation sites is 1. The third-order valence-electron chi connectivity index (χ3n) is 4.55. The Morgan fingerprint density at radius 3 is 2.43 bits per heavy atom. The van der Waals surface area contributed by atoms with Crippen molar-refractivity contribution >= 4 is 32.5 Å². The van der Waals surface area contributed by atoms with E-state index >= 15 is 0 Å². The summed E-state index contributed by atoms with van der Waals surface area (Å²) >= 11 is 0. The van der Waals surface area contributed by atoms with Crippen molar-refractivity contribution in [1.82, 2.24) is 9.29 Å². The van der Waals surface area contributed by atoms with Gasteiger partial charge < -0.3 is 10.1 Å². The van der Waals surface area contributed by atoms with E-state index in [0.29, 0.717) is 37.7 Å². The molecule has 28 heavy (non-hydrogen) atoms. The summed E-state index contributed by atoms with van der Waals surface area (Å²) in [5, 5.41) is 3.71. The first-order valence-electron chi connectivity index (χ1n) is 8.89. The number of hydrogen-bond donors (Lipinski definition) is 1. The van der Waals surface area contributed by atoms with Crippen molar-refractivity contribution in [2.75, 3.05) is 31.6 Å². The van der Waals surface area contributed by atoms with Crippen LogP contribution in [0.1, 0.15) is 10.5 Å². The Balaban J connectivity index is 1.49. The number of pyridine rings is 1. The van der Waals surface area contributed by atoms with E-state index in [-0.39, 0.29) is 10.8 Å². The number of nitrogens with one attached hydrogen (secondary N) is 1. The van der Waals surface area contributed by atoms with Gasteiger partial charge >= 0.3 is 0 Å². The molecule has 1 saturated heterocycles. The van der Waals surface area contributed by atoms with Crippen LogP contribution in [0.15, 0.2) is 65.6 Å². The normalized spacial score (nSPS) is 15.4. The average Bonchev–Trinajstić information content (AvgIpc) is 2.74. The van der Waals surface area contributed by atoms with Crippen molar-refractivity contribution in [3.8, 4) is 0 Å². The van der Waals surface area contributed by atoms with Gasteiger partial charge in [0.15, 0.2) is 0 Å². The maximum absolute atomic E-state index is 12.6. The molecule has 1 amide bonds. The number of rotatable bonds is 4. The zero-order valence-electron chi connectivity index (χ0n) is 15.0. The standard InChI is InChI=1S/C20H19N3O4S/c24-20(19-10-5-15-3-1-2-4-18(15)22-19)21-16-6-8-17(9-7-16)28(25,26)23-11-13-27-14-12-23/h1-10H,11-14H2,(H,21,24). The van der Waals surface area contributed by atoms with Crippen LogP contribution < -0.4 is 5.32 Å². The molecule has 8 heteroatoms. The van der Waals surface area contributed by atoms with E-state index in [1.165, 1.54) is 16.4 Å². The van der Waals surface area contributed by atoms with E-state index < -0.39 is 10.0 Å². The second-order valence-electron chi connectivity index (χ2n) is 6.38. The van der Waals surface area contributed by atoms with E-state index in [0.717, 1.165) is 10.9 Å². The van der Waals surface area contributed by atoms with Crippen molar-refractivity contribution in [3.05, 3.63) is 66.4 Å². The molecule has 0 unspecified atom stereocenters. The smallest absolute Gasteiger partial charge is 0.274 e. The van der Waals surface area contributed by atoms with Crippen LogP contribution in [0.4, 0.5) is 5.69 Å². The molecule has 7 nitrogen and oxygen atoms in total. The minimum Gasteiger partial charge on any atom is -0.379 e. The van der Waals surface area contributed by atoms with Gasteiger partial charge in [-0.05, 0) is 36.4 Å². The summed E-state index contributed by atoms with van der Waals surface area (Å²) in [5.74, 6) is -0.352. The molecule has 0 saturated carbocycles. The molecule has 1 aromatic heterocycles. The Bertz CT molecular complexity index is 1110. The van der Waals surface area contributed by atoms with Gasteiger partial charge in [-0.1, -0.05) is 24.3 Å². The predicted molar refractivity (Wildman–Crippen MR) is 106 cm³/mol. The third kappa shape index (κ3) is 3.75. The summed E-state index contributed by atoms with van der Waals surface area (Å²) in [6.45, 7) is 1.47. The van der Waals surface area contributed by atoms with Crippen LogP contribution in [0.2, 0.25) is 0 Å². The molecule has 0 radical (unpaired) electrons. The maximum atomic E-state index is 12.6. The summed E-state index contributed by atoms with van der Waals surface area (Å²) in [7, 11) is -3.56. The molecule has 4 rings (SSSR count).